The minimum absolute atomic E-state index is 0. The summed E-state index contributed by atoms with van der Waals surface area (Å²) in [5.41, 5.74) is 0. The zero-order valence-electron chi connectivity index (χ0n) is 18.8. The molecule has 0 spiro atoms. The van der Waals surface area contributed by atoms with E-state index in [0.29, 0.717) is 12.0 Å². The summed E-state index contributed by atoms with van der Waals surface area (Å²) >= 11 is 0. The molecule has 2 saturated heterocycles. The van der Waals surface area contributed by atoms with Crippen molar-refractivity contribution < 1.29 is 4.74 Å². The SMILES string of the molecule is CCNC(=NCC(CC(C)C)N1CCOCC1)N1CCN(c2ccccn2)CC1.I. The second kappa shape index (κ2) is 13.3. The number of halogens is 1. The molecule has 30 heavy (non-hydrogen) atoms. The highest BCUT2D eigenvalue weighted by Crippen LogP contribution is 2.15. The van der Waals surface area contributed by atoms with Gasteiger partial charge >= 0.3 is 0 Å². The lowest BCUT2D eigenvalue weighted by Crippen LogP contribution is -2.53. The van der Waals surface area contributed by atoms with Crippen LogP contribution in [-0.2, 0) is 4.74 Å². The number of nitrogens with zero attached hydrogens (tertiary/aromatic N) is 5. The van der Waals surface area contributed by atoms with Gasteiger partial charge in [-0.2, -0.15) is 0 Å². The zero-order chi connectivity index (χ0) is 20.5. The number of nitrogens with one attached hydrogen (secondary N) is 1. The highest BCUT2D eigenvalue weighted by Gasteiger charge is 2.24. The second-order valence-corrected chi connectivity index (χ2v) is 8.29. The third kappa shape index (κ3) is 7.53. The molecule has 0 saturated carbocycles. The average molecular weight is 530 g/mol. The van der Waals surface area contributed by atoms with Crippen LogP contribution in [0.2, 0.25) is 0 Å². The van der Waals surface area contributed by atoms with Crippen molar-refractivity contribution in [2.75, 3.05) is 70.5 Å². The fourth-order valence-electron chi connectivity index (χ4n) is 4.13. The topological polar surface area (TPSA) is 56.2 Å². The summed E-state index contributed by atoms with van der Waals surface area (Å²) in [4.78, 5) is 16.9. The van der Waals surface area contributed by atoms with Gasteiger partial charge in [-0.25, -0.2) is 4.98 Å². The summed E-state index contributed by atoms with van der Waals surface area (Å²) < 4.78 is 5.55. The summed E-state index contributed by atoms with van der Waals surface area (Å²) in [6.45, 7) is 16.1. The van der Waals surface area contributed by atoms with E-state index in [4.69, 9.17) is 9.73 Å². The first-order chi connectivity index (χ1) is 14.2. The molecule has 8 heteroatoms. The Labute approximate surface area is 199 Å². The van der Waals surface area contributed by atoms with Crippen molar-refractivity contribution in [1.82, 2.24) is 20.1 Å². The van der Waals surface area contributed by atoms with Gasteiger partial charge < -0.3 is 19.9 Å². The van der Waals surface area contributed by atoms with Crippen molar-refractivity contribution in [3.05, 3.63) is 24.4 Å². The van der Waals surface area contributed by atoms with Gasteiger partial charge in [0.25, 0.3) is 0 Å². The van der Waals surface area contributed by atoms with E-state index >= 15 is 0 Å². The minimum Gasteiger partial charge on any atom is -0.379 e. The van der Waals surface area contributed by atoms with E-state index in [1.807, 2.05) is 12.3 Å². The maximum Gasteiger partial charge on any atom is 0.194 e. The number of aromatic nitrogens is 1. The Morgan fingerprint density at radius 3 is 2.47 bits per heavy atom. The van der Waals surface area contributed by atoms with Gasteiger partial charge in [-0.05, 0) is 31.4 Å². The van der Waals surface area contributed by atoms with E-state index in [-0.39, 0.29) is 24.0 Å². The van der Waals surface area contributed by atoms with Gasteiger partial charge in [0.1, 0.15) is 5.82 Å². The molecule has 170 valence electrons. The van der Waals surface area contributed by atoms with Gasteiger partial charge in [-0.15, -0.1) is 24.0 Å². The van der Waals surface area contributed by atoms with Crippen LogP contribution in [0.4, 0.5) is 5.82 Å². The third-order valence-electron chi connectivity index (χ3n) is 5.64. The number of piperazine rings is 1. The number of aliphatic imine (C=N–C) groups is 1. The largest absolute Gasteiger partial charge is 0.379 e. The molecule has 0 aromatic carbocycles. The highest BCUT2D eigenvalue weighted by molar-refractivity contribution is 14.0. The average Bonchev–Trinajstić information content (AvgIpc) is 2.77. The number of hydrogen-bond acceptors (Lipinski definition) is 5. The smallest absolute Gasteiger partial charge is 0.194 e. The van der Waals surface area contributed by atoms with Crippen molar-refractivity contribution >= 4 is 35.8 Å². The quantitative estimate of drug-likeness (QED) is 0.332. The number of ether oxygens (including phenoxy) is 1. The molecule has 0 aliphatic carbocycles. The second-order valence-electron chi connectivity index (χ2n) is 8.29. The van der Waals surface area contributed by atoms with E-state index in [0.717, 1.165) is 77.3 Å². The Morgan fingerprint density at radius 1 is 1.13 bits per heavy atom. The molecule has 3 rings (SSSR count). The summed E-state index contributed by atoms with van der Waals surface area (Å²) in [6, 6.07) is 6.61. The lowest BCUT2D eigenvalue weighted by Gasteiger charge is -2.38. The van der Waals surface area contributed by atoms with Crippen LogP contribution < -0.4 is 10.2 Å². The van der Waals surface area contributed by atoms with Crippen LogP contribution in [0.5, 0.6) is 0 Å². The molecular formula is C22H39IN6O. The number of hydrogen-bond donors (Lipinski definition) is 1. The van der Waals surface area contributed by atoms with Crippen molar-refractivity contribution in [2.45, 2.75) is 33.2 Å². The molecule has 1 atom stereocenters. The van der Waals surface area contributed by atoms with Gasteiger partial charge in [-0.1, -0.05) is 19.9 Å². The number of morpholine rings is 1. The first kappa shape index (κ1) is 25.1. The van der Waals surface area contributed by atoms with Crippen LogP contribution >= 0.6 is 24.0 Å². The van der Waals surface area contributed by atoms with Crippen LogP contribution in [0.25, 0.3) is 0 Å². The van der Waals surface area contributed by atoms with Crippen LogP contribution in [0.3, 0.4) is 0 Å². The molecule has 3 heterocycles. The van der Waals surface area contributed by atoms with Gasteiger partial charge in [0, 0.05) is 58.1 Å². The number of pyridine rings is 1. The summed E-state index contributed by atoms with van der Waals surface area (Å²) in [6.07, 6.45) is 3.05. The molecule has 2 aliphatic heterocycles. The monoisotopic (exact) mass is 530 g/mol. The van der Waals surface area contributed by atoms with Crippen molar-refractivity contribution in [2.24, 2.45) is 10.9 Å². The van der Waals surface area contributed by atoms with Crippen LogP contribution in [0.15, 0.2) is 29.4 Å². The minimum atomic E-state index is 0. The van der Waals surface area contributed by atoms with Crippen LogP contribution in [0.1, 0.15) is 27.2 Å². The maximum atomic E-state index is 5.55. The predicted octanol–water partition coefficient (Wildman–Crippen LogP) is 2.53. The van der Waals surface area contributed by atoms with Gasteiger partial charge in [0.2, 0.25) is 0 Å². The molecule has 1 aromatic rings. The molecule has 1 unspecified atom stereocenters. The molecule has 2 aliphatic rings. The Morgan fingerprint density at radius 2 is 1.87 bits per heavy atom. The fraction of sp³-hybridized carbons (Fsp3) is 0.727. The Balaban J connectivity index is 0.00000320. The predicted molar refractivity (Wildman–Crippen MR) is 135 cm³/mol. The molecule has 1 N–H and O–H groups in total. The van der Waals surface area contributed by atoms with Crippen molar-refractivity contribution in [3.63, 3.8) is 0 Å². The zero-order valence-corrected chi connectivity index (χ0v) is 21.1. The Kier molecular flexibility index (Phi) is 11.2. The third-order valence-corrected chi connectivity index (χ3v) is 5.64. The summed E-state index contributed by atoms with van der Waals surface area (Å²) in [7, 11) is 0. The van der Waals surface area contributed by atoms with E-state index in [1.54, 1.807) is 0 Å². The number of anilines is 1. The first-order valence-corrected chi connectivity index (χ1v) is 11.2. The number of rotatable bonds is 7. The Hall–Kier alpha value is -1.13. The molecule has 0 radical (unpaired) electrons. The molecule has 0 amide bonds. The van der Waals surface area contributed by atoms with E-state index in [1.165, 1.54) is 6.42 Å². The van der Waals surface area contributed by atoms with Crippen molar-refractivity contribution in [1.29, 1.82) is 0 Å². The van der Waals surface area contributed by atoms with Crippen LogP contribution in [0, 0.1) is 5.92 Å². The molecule has 1 aromatic heterocycles. The lowest BCUT2D eigenvalue weighted by molar-refractivity contribution is 0.0142. The first-order valence-electron chi connectivity index (χ1n) is 11.2. The Bertz CT molecular complexity index is 615. The summed E-state index contributed by atoms with van der Waals surface area (Å²) in [5.74, 6) is 2.79. The van der Waals surface area contributed by atoms with E-state index in [9.17, 15) is 0 Å². The van der Waals surface area contributed by atoms with Crippen molar-refractivity contribution in [3.8, 4) is 0 Å². The highest BCUT2D eigenvalue weighted by atomic mass is 127. The van der Waals surface area contributed by atoms with Gasteiger partial charge in [0.15, 0.2) is 5.96 Å². The fourth-order valence-corrected chi connectivity index (χ4v) is 4.13. The van der Waals surface area contributed by atoms with E-state index in [2.05, 4.69) is 57.9 Å². The van der Waals surface area contributed by atoms with E-state index < -0.39 is 0 Å². The van der Waals surface area contributed by atoms with Gasteiger partial charge in [0.05, 0.1) is 19.8 Å². The summed E-state index contributed by atoms with van der Waals surface area (Å²) in [5, 5.41) is 3.52. The van der Waals surface area contributed by atoms with Gasteiger partial charge in [-0.3, -0.25) is 9.89 Å². The lowest BCUT2D eigenvalue weighted by atomic mass is 10.0. The molecule has 2 fully saturated rings. The maximum absolute atomic E-state index is 5.55. The standard InChI is InChI=1S/C22H38N6O.HI/c1-4-23-22(25-18-20(17-19(2)3)26-13-15-29-16-14-26)28-11-9-27(10-12-28)21-7-5-6-8-24-21;/h5-8,19-20H,4,9-18H2,1-3H3,(H,23,25);1H. The van der Waals surface area contributed by atoms with Crippen LogP contribution in [-0.4, -0.2) is 92.4 Å². The normalized spacial score (nSPS) is 19.5. The molecular weight excluding hydrogens is 491 g/mol. The molecule has 7 nitrogen and oxygen atoms in total. The number of guanidine groups is 1. The molecule has 0 bridgehead atoms.